The third kappa shape index (κ3) is 3.26. The molecule has 1 aromatic heterocycles. The molecule has 7 heteroatoms. The standard InChI is InChI=1S/C17H23N5O2/c1-11-8-12(9-18)10-22(11)15(23)6-7-19-17(24)16-13-4-2-3-5-14(13)20-21-16/h2-5,11-12H,6-10,18H2,1H3,(H,19,24)(H,20,21). The molecule has 24 heavy (non-hydrogen) atoms. The highest BCUT2D eigenvalue weighted by Gasteiger charge is 2.31. The molecule has 1 fully saturated rings. The van der Waals surface area contributed by atoms with Gasteiger partial charge in [-0.3, -0.25) is 14.7 Å². The van der Waals surface area contributed by atoms with Crippen LogP contribution in [0.4, 0.5) is 0 Å². The zero-order valence-electron chi connectivity index (χ0n) is 13.8. The minimum absolute atomic E-state index is 0.0608. The number of carbonyl (C=O) groups is 2. The van der Waals surface area contributed by atoms with Crippen molar-refractivity contribution in [1.82, 2.24) is 20.4 Å². The van der Waals surface area contributed by atoms with Gasteiger partial charge in [0.15, 0.2) is 5.69 Å². The fraction of sp³-hybridized carbons (Fsp3) is 0.471. The molecule has 2 unspecified atom stereocenters. The lowest BCUT2D eigenvalue weighted by Gasteiger charge is -2.21. The van der Waals surface area contributed by atoms with E-state index in [0.717, 1.165) is 17.3 Å². The van der Waals surface area contributed by atoms with E-state index in [0.29, 0.717) is 31.2 Å². The second-order valence-electron chi connectivity index (χ2n) is 6.36. The van der Waals surface area contributed by atoms with Gasteiger partial charge in [0, 0.05) is 30.9 Å². The molecule has 2 heterocycles. The van der Waals surface area contributed by atoms with Crippen LogP contribution >= 0.6 is 0 Å². The topological polar surface area (TPSA) is 104 Å². The maximum Gasteiger partial charge on any atom is 0.272 e. The highest BCUT2D eigenvalue weighted by atomic mass is 16.2. The van der Waals surface area contributed by atoms with Crippen molar-refractivity contribution in [2.24, 2.45) is 11.7 Å². The summed E-state index contributed by atoms with van der Waals surface area (Å²) in [6.07, 6.45) is 1.24. The lowest BCUT2D eigenvalue weighted by atomic mass is 10.1. The number of hydrogen-bond acceptors (Lipinski definition) is 4. The smallest absolute Gasteiger partial charge is 0.272 e. The second kappa shape index (κ2) is 7.00. The Bertz CT molecular complexity index is 741. The van der Waals surface area contributed by atoms with E-state index in [9.17, 15) is 9.59 Å². The first-order valence-corrected chi connectivity index (χ1v) is 8.31. The monoisotopic (exact) mass is 329 g/mol. The largest absolute Gasteiger partial charge is 0.350 e. The zero-order chi connectivity index (χ0) is 17.1. The van der Waals surface area contributed by atoms with E-state index in [4.69, 9.17) is 5.73 Å². The molecule has 4 N–H and O–H groups in total. The number of aromatic amines is 1. The van der Waals surface area contributed by atoms with Crippen LogP contribution in [0.2, 0.25) is 0 Å². The van der Waals surface area contributed by atoms with Crippen molar-refractivity contribution < 1.29 is 9.59 Å². The molecule has 1 saturated heterocycles. The van der Waals surface area contributed by atoms with Gasteiger partial charge in [-0.15, -0.1) is 0 Å². The van der Waals surface area contributed by atoms with Crippen LogP contribution in [0.3, 0.4) is 0 Å². The van der Waals surface area contributed by atoms with Crippen LogP contribution in [0.15, 0.2) is 24.3 Å². The van der Waals surface area contributed by atoms with Crippen LogP contribution in [-0.4, -0.2) is 52.6 Å². The number of rotatable bonds is 5. The summed E-state index contributed by atoms with van der Waals surface area (Å²) >= 11 is 0. The number of benzene rings is 1. The lowest BCUT2D eigenvalue weighted by molar-refractivity contribution is -0.131. The molecule has 0 saturated carbocycles. The molecule has 2 atom stereocenters. The summed E-state index contributed by atoms with van der Waals surface area (Å²) < 4.78 is 0. The number of carbonyl (C=O) groups excluding carboxylic acids is 2. The van der Waals surface area contributed by atoms with Crippen molar-refractivity contribution in [2.75, 3.05) is 19.6 Å². The highest BCUT2D eigenvalue weighted by molar-refractivity contribution is 6.04. The van der Waals surface area contributed by atoms with Crippen LogP contribution in [0.1, 0.15) is 30.3 Å². The van der Waals surface area contributed by atoms with Gasteiger partial charge in [0.05, 0.1) is 5.52 Å². The fourth-order valence-corrected chi connectivity index (χ4v) is 3.31. The van der Waals surface area contributed by atoms with Crippen LogP contribution in [0.5, 0.6) is 0 Å². The molecular formula is C17H23N5O2. The van der Waals surface area contributed by atoms with Crippen LogP contribution in [0, 0.1) is 5.92 Å². The first-order chi connectivity index (χ1) is 11.6. The zero-order valence-corrected chi connectivity index (χ0v) is 13.8. The molecule has 0 spiro atoms. The number of H-pyrrole nitrogens is 1. The third-order valence-electron chi connectivity index (χ3n) is 4.62. The Morgan fingerprint density at radius 3 is 2.96 bits per heavy atom. The van der Waals surface area contributed by atoms with Crippen molar-refractivity contribution in [2.45, 2.75) is 25.8 Å². The van der Waals surface area contributed by atoms with Gasteiger partial charge < -0.3 is 16.0 Å². The molecule has 7 nitrogen and oxygen atoms in total. The Morgan fingerprint density at radius 2 is 2.21 bits per heavy atom. The van der Waals surface area contributed by atoms with Gasteiger partial charge in [-0.05, 0) is 31.9 Å². The van der Waals surface area contributed by atoms with E-state index in [1.807, 2.05) is 36.1 Å². The number of aromatic nitrogens is 2. The Labute approximate surface area is 140 Å². The van der Waals surface area contributed by atoms with Gasteiger partial charge in [0.2, 0.25) is 5.91 Å². The molecule has 1 aromatic carbocycles. The molecule has 1 aliphatic heterocycles. The quantitative estimate of drug-likeness (QED) is 0.757. The highest BCUT2D eigenvalue weighted by Crippen LogP contribution is 2.22. The minimum atomic E-state index is -0.269. The Hall–Kier alpha value is -2.41. The van der Waals surface area contributed by atoms with Gasteiger partial charge in [0.25, 0.3) is 5.91 Å². The number of likely N-dealkylation sites (tertiary alicyclic amines) is 1. The van der Waals surface area contributed by atoms with Crippen molar-refractivity contribution in [1.29, 1.82) is 0 Å². The molecule has 0 aliphatic carbocycles. The number of nitrogens with zero attached hydrogens (tertiary/aromatic N) is 2. The first kappa shape index (κ1) is 16.4. The van der Waals surface area contributed by atoms with E-state index in [2.05, 4.69) is 15.5 Å². The Balaban J connectivity index is 1.53. The second-order valence-corrected chi connectivity index (χ2v) is 6.36. The van der Waals surface area contributed by atoms with Crippen LogP contribution in [-0.2, 0) is 4.79 Å². The molecule has 0 bridgehead atoms. The van der Waals surface area contributed by atoms with Crippen molar-refractivity contribution in [3.8, 4) is 0 Å². The summed E-state index contributed by atoms with van der Waals surface area (Å²) in [6, 6.07) is 7.67. The normalized spacial score (nSPS) is 20.5. The number of hydrogen-bond donors (Lipinski definition) is 3. The summed E-state index contributed by atoms with van der Waals surface area (Å²) in [5.74, 6) is 0.175. The molecule has 3 rings (SSSR count). The van der Waals surface area contributed by atoms with Crippen molar-refractivity contribution in [3.05, 3.63) is 30.0 Å². The first-order valence-electron chi connectivity index (χ1n) is 8.31. The molecule has 1 aliphatic rings. The predicted molar refractivity (Wildman–Crippen MR) is 91.4 cm³/mol. The summed E-state index contributed by atoms with van der Waals surface area (Å²) in [6.45, 7) is 3.67. The van der Waals surface area contributed by atoms with Gasteiger partial charge >= 0.3 is 0 Å². The van der Waals surface area contributed by atoms with E-state index in [1.54, 1.807) is 0 Å². The molecular weight excluding hydrogens is 306 g/mol. The SMILES string of the molecule is CC1CC(CN)CN1C(=O)CCNC(=O)c1n[nH]c2ccccc12. The maximum absolute atomic E-state index is 12.3. The van der Waals surface area contributed by atoms with Gasteiger partial charge in [-0.25, -0.2) is 0 Å². The fourth-order valence-electron chi connectivity index (χ4n) is 3.31. The summed E-state index contributed by atoms with van der Waals surface area (Å²) in [4.78, 5) is 26.4. The van der Waals surface area contributed by atoms with Gasteiger partial charge in [-0.1, -0.05) is 18.2 Å². The minimum Gasteiger partial charge on any atom is -0.350 e. The number of fused-ring (bicyclic) bond motifs is 1. The summed E-state index contributed by atoms with van der Waals surface area (Å²) in [5, 5.41) is 10.4. The molecule has 2 amide bonds. The van der Waals surface area contributed by atoms with Crippen LogP contribution in [0.25, 0.3) is 10.9 Å². The maximum atomic E-state index is 12.3. The number of nitrogens with one attached hydrogen (secondary N) is 2. The van der Waals surface area contributed by atoms with E-state index < -0.39 is 0 Å². The Morgan fingerprint density at radius 1 is 1.42 bits per heavy atom. The van der Waals surface area contributed by atoms with Gasteiger partial charge in [-0.2, -0.15) is 5.10 Å². The summed E-state index contributed by atoms with van der Waals surface area (Å²) in [7, 11) is 0. The van der Waals surface area contributed by atoms with E-state index in [-0.39, 0.29) is 24.3 Å². The van der Waals surface area contributed by atoms with Gasteiger partial charge in [0.1, 0.15) is 0 Å². The number of nitrogens with two attached hydrogens (primary N) is 1. The molecule has 128 valence electrons. The van der Waals surface area contributed by atoms with Crippen LogP contribution < -0.4 is 11.1 Å². The lowest BCUT2D eigenvalue weighted by Crippen LogP contribution is -2.37. The van der Waals surface area contributed by atoms with Crippen molar-refractivity contribution in [3.63, 3.8) is 0 Å². The average Bonchev–Trinajstić information content (AvgIpc) is 3.18. The number of para-hydroxylation sites is 1. The van der Waals surface area contributed by atoms with E-state index >= 15 is 0 Å². The third-order valence-corrected chi connectivity index (χ3v) is 4.62. The van der Waals surface area contributed by atoms with Crippen molar-refractivity contribution >= 4 is 22.7 Å². The Kier molecular flexibility index (Phi) is 4.80. The molecule has 2 aromatic rings. The predicted octanol–water partition coefficient (Wildman–Crippen LogP) is 0.879. The molecule has 0 radical (unpaired) electrons. The average molecular weight is 329 g/mol. The summed E-state index contributed by atoms with van der Waals surface area (Å²) in [5.41, 5.74) is 6.87. The number of amides is 2. The van der Waals surface area contributed by atoms with E-state index in [1.165, 1.54) is 0 Å².